The number of anilines is 1. The maximum Gasteiger partial charge on any atom is 0.160 e. The summed E-state index contributed by atoms with van der Waals surface area (Å²) < 4.78 is 12.1. The van der Waals surface area contributed by atoms with Gasteiger partial charge in [-0.25, -0.2) is 0 Å². The van der Waals surface area contributed by atoms with Crippen LogP contribution in [0.5, 0.6) is 0 Å². The van der Waals surface area contributed by atoms with E-state index in [1.54, 1.807) is 7.11 Å². The number of methoxy groups -OCH3 is 1. The van der Waals surface area contributed by atoms with E-state index in [9.17, 15) is 0 Å². The van der Waals surface area contributed by atoms with Gasteiger partial charge in [-0.05, 0) is 68.7 Å². The quantitative estimate of drug-likeness (QED) is 0.559. The molecule has 35 heavy (non-hydrogen) atoms. The van der Waals surface area contributed by atoms with Crippen molar-refractivity contribution in [2.24, 2.45) is 16.9 Å². The highest BCUT2D eigenvalue weighted by molar-refractivity contribution is 6.31. The molecule has 3 atom stereocenters. The lowest BCUT2D eigenvalue weighted by atomic mass is 9.81. The van der Waals surface area contributed by atoms with Crippen LogP contribution in [0.3, 0.4) is 0 Å². The van der Waals surface area contributed by atoms with Gasteiger partial charge in [0.1, 0.15) is 11.9 Å². The second-order valence-corrected chi connectivity index (χ2v) is 10.4. The molecule has 0 fully saturated rings. The summed E-state index contributed by atoms with van der Waals surface area (Å²) in [6, 6.07) is 6.08. The van der Waals surface area contributed by atoms with Crippen LogP contribution in [0.4, 0.5) is 5.69 Å². The Labute approximate surface area is 212 Å². The molecular weight excluding hydrogens is 460 g/mol. The molecule has 6 nitrogen and oxygen atoms in total. The molecule has 4 heterocycles. The molecule has 4 aliphatic heterocycles. The molecule has 5 aliphatic rings. The van der Waals surface area contributed by atoms with E-state index in [0.717, 1.165) is 42.3 Å². The van der Waals surface area contributed by atoms with Gasteiger partial charge < -0.3 is 19.3 Å². The number of nitrogens with zero attached hydrogens (tertiary/aromatic N) is 3. The third-order valence-electron chi connectivity index (χ3n) is 7.93. The second kappa shape index (κ2) is 9.40. The average Bonchev–Trinajstić information content (AvgIpc) is 3.33. The summed E-state index contributed by atoms with van der Waals surface area (Å²) in [5.74, 6) is 3.05. The van der Waals surface area contributed by atoms with Crippen molar-refractivity contribution < 1.29 is 9.47 Å². The molecule has 0 spiro atoms. The molecule has 0 saturated carbocycles. The Morgan fingerprint density at radius 2 is 2.17 bits per heavy atom. The van der Waals surface area contributed by atoms with Gasteiger partial charge in [0.2, 0.25) is 0 Å². The Balaban J connectivity index is 1.48. The third kappa shape index (κ3) is 3.97. The highest BCUT2D eigenvalue weighted by Crippen LogP contribution is 2.43. The molecule has 0 bridgehead atoms. The van der Waals surface area contributed by atoms with Gasteiger partial charge in [-0.15, -0.1) is 0 Å². The van der Waals surface area contributed by atoms with Crippen LogP contribution in [0.1, 0.15) is 44.6 Å². The fraction of sp³-hybridized carbons (Fsp3) is 0.464. The molecule has 0 amide bonds. The Bertz CT molecular complexity index is 1170. The number of fused-ring (bicyclic) bond motifs is 5. The number of hydrogen-bond donors (Lipinski definition) is 1. The van der Waals surface area contributed by atoms with Crippen LogP contribution in [-0.4, -0.2) is 43.8 Å². The Morgan fingerprint density at radius 3 is 3.00 bits per heavy atom. The van der Waals surface area contributed by atoms with Gasteiger partial charge in [0, 0.05) is 41.1 Å². The van der Waals surface area contributed by atoms with Gasteiger partial charge in [0.05, 0.1) is 25.4 Å². The second-order valence-electron chi connectivity index (χ2n) is 10.00. The zero-order valence-electron chi connectivity index (χ0n) is 20.5. The van der Waals surface area contributed by atoms with Crippen LogP contribution < -0.4 is 10.3 Å². The molecule has 7 heteroatoms. The number of hydrogen-bond acceptors (Lipinski definition) is 6. The maximum atomic E-state index is 6.53. The minimum atomic E-state index is -0.0394. The molecule has 1 N–H and O–H groups in total. The van der Waals surface area contributed by atoms with Gasteiger partial charge >= 0.3 is 0 Å². The fourth-order valence-electron chi connectivity index (χ4n) is 6.11. The topological polar surface area (TPSA) is 49.3 Å². The van der Waals surface area contributed by atoms with E-state index in [1.165, 1.54) is 36.1 Å². The van der Waals surface area contributed by atoms with Crippen LogP contribution in [0.15, 0.2) is 70.3 Å². The van der Waals surface area contributed by atoms with Gasteiger partial charge in [-0.2, -0.15) is 5.10 Å². The molecule has 1 aliphatic carbocycles. The molecule has 0 radical (unpaired) electrons. The lowest BCUT2D eigenvalue weighted by Gasteiger charge is -2.29. The van der Waals surface area contributed by atoms with E-state index < -0.39 is 0 Å². The Hall–Kier alpha value is -2.70. The first-order chi connectivity index (χ1) is 17.2. The van der Waals surface area contributed by atoms with E-state index in [0.29, 0.717) is 30.0 Å². The predicted molar refractivity (Wildman–Crippen MR) is 140 cm³/mol. The normalized spacial score (nSPS) is 27.6. The summed E-state index contributed by atoms with van der Waals surface area (Å²) >= 11 is 6.47. The number of ether oxygens (including phenoxy) is 2. The summed E-state index contributed by atoms with van der Waals surface area (Å²) in [6.07, 6.45) is 14.9. The third-order valence-corrected chi connectivity index (χ3v) is 8.17. The van der Waals surface area contributed by atoms with Crippen molar-refractivity contribution in [1.82, 2.24) is 10.3 Å². The summed E-state index contributed by atoms with van der Waals surface area (Å²) in [5.41, 5.74) is 9.33. The van der Waals surface area contributed by atoms with E-state index in [4.69, 9.17) is 26.2 Å². The zero-order valence-corrected chi connectivity index (χ0v) is 21.2. The van der Waals surface area contributed by atoms with Crippen LogP contribution >= 0.6 is 11.6 Å². The van der Waals surface area contributed by atoms with Crippen molar-refractivity contribution >= 4 is 23.1 Å². The summed E-state index contributed by atoms with van der Waals surface area (Å²) in [6.45, 7) is 4.31. The summed E-state index contributed by atoms with van der Waals surface area (Å²) in [7, 11) is 1.73. The molecular formula is C28H33ClN4O2. The van der Waals surface area contributed by atoms with Gasteiger partial charge in [0.15, 0.2) is 5.84 Å². The molecule has 0 saturated heterocycles. The first-order valence-electron chi connectivity index (χ1n) is 12.7. The highest BCUT2D eigenvalue weighted by Gasteiger charge is 2.39. The number of nitrogens with one attached hydrogen (secondary N) is 1. The standard InChI is InChI=1S/C28H33ClN4O2/c1-18-23(19-8-4-3-5-9-19)16-35-27(18)21-10-6-7-13-32-24-12-11-20(29)14-22(24)28-31-30-26(17-34-2)33(28)15-25(21)32/h4,7-8,11-14,19,23,26,30H,3,5-6,9-10,15-17H2,1-2H3/t19?,23-,26?/m1/s1. The minimum absolute atomic E-state index is 0.0394. The number of rotatable bonds is 4. The first kappa shape index (κ1) is 22.7. The largest absolute Gasteiger partial charge is 0.493 e. The lowest BCUT2D eigenvalue weighted by Crippen LogP contribution is -2.44. The van der Waals surface area contributed by atoms with Crippen molar-refractivity contribution in [2.45, 2.75) is 45.2 Å². The van der Waals surface area contributed by atoms with Gasteiger partial charge in [-0.3, -0.25) is 5.43 Å². The molecule has 0 aromatic heterocycles. The van der Waals surface area contributed by atoms with E-state index in [-0.39, 0.29) is 6.17 Å². The smallest absolute Gasteiger partial charge is 0.160 e. The number of hydrazone groups is 1. The number of amidine groups is 1. The van der Waals surface area contributed by atoms with E-state index in [2.05, 4.69) is 52.6 Å². The van der Waals surface area contributed by atoms with Crippen LogP contribution in [0, 0.1) is 11.8 Å². The van der Waals surface area contributed by atoms with Crippen LogP contribution in [0.2, 0.25) is 5.02 Å². The predicted octanol–water partition coefficient (Wildman–Crippen LogP) is 5.54. The van der Waals surface area contributed by atoms with Crippen LogP contribution in [0.25, 0.3) is 0 Å². The zero-order chi connectivity index (χ0) is 23.9. The molecule has 2 unspecified atom stereocenters. The SMILES string of the molecule is COCC1NN=C2c3cc(Cl)ccc3N3C=CCCC(C4=C(C)[C@H](C5C=CCCC5)CO4)=C3CN21. The molecule has 1 aromatic carbocycles. The minimum Gasteiger partial charge on any atom is -0.493 e. The van der Waals surface area contributed by atoms with Crippen molar-refractivity contribution in [1.29, 1.82) is 0 Å². The highest BCUT2D eigenvalue weighted by atomic mass is 35.5. The van der Waals surface area contributed by atoms with Crippen molar-refractivity contribution in [2.75, 3.05) is 31.8 Å². The fourth-order valence-corrected chi connectivity index (χ4v) is 6.29. The molecule has 6 rings (SSSR count). The van der Waals surface area contributed by atoms with Crippen molar-refractivity contribution in [3.05, 3.63) is 75.8 Å². The summed E-state index contributed by atoms with van der Waals surface area (Å²) in [4.78, 5) is 4.63. The molecule has 184 valence electrons. The average molecular weight is 493 g/mol. The van der Waals surface area contributed by atoms with Crippen LogP contribution in [-0.2, 0) is 9.47 Å². The summed E-state index contributed by atoms with van der Waals surface area (Å²) in [5, 5.41) is 5.42. The maximum absolute atomic E-state index is 6.53. The van der Waals surface area contributed by atoms with E-state index in [1.807, 2.05) is 12.1 Å². The number of halogens is 1. The lowest BCUT2D eigenvalue weighted by molar-refractivity contribution is 0.125. The Morgan fingerprint density at radius 1 is 1.26 bits per heavy atom. The van der Waals surface area contributed by atoms with Crippen molar-refractivity contribution in [3.8, 4) is 0 Å². The monoisotopic (exact) mass is 492 g/mol. The Kier molecular flexibility index (Phi) is 6.11. The number of benzene rings is 1. The van der Waals surface area contributed by atoms with Crippen molar-refractivity contribution in [3.63, 3.8) is 0 Å². The number of allylic oxidation sites excluding steroid dienone is 4. The first-order valence-corrected chi connectivity index (χ1v) is 13.1. The van der Waals surface area contributed by atoms with Gasteiger partial charge in [0.25, 0.3) is 0 Å². The van der Waals surface area contributed by atoms with Gasteiger partial charge in [-0.1, -0.05) is 29.8 Å². The molecule has 1 aromatic rings. The van der Waals surface area contributed by atoms with E-state index >= 15 is 0 Å².